The molecule has 1 saturated carbocycles. The second-order valence-corrected chi connectivity index (χ2v) is 6.17. The van der Waals surface area contributed by atoms with E-state index < -0.39 is 6.03 Å². The van der Waals surface area contributed by atoms with Gasteiger partial charge in [0, 0.05) is 17.4 Å². The zero-order valence-electron chi connectivity index (χ0n) is 12.5. The van der Waals surface area contributed by atoms with Gasteiger partial charge in [0.1, 0.15) is 0 Å². The average molecular weight is 302 g/mol. The van der Waals surface area contributed by atoms with Gasteiger partial charge in [-0.1, -0.05) is 18.9 Å². The van der Waals surface area contributed by atoms with Gasteiger partial charge in [0.05, 0.1) is 6.04 Å². The molecule has 0 bridgehead atoms. The number of hydrogen-bond acceptors (Lipinski definition) is 3. The van der Waals surface area contributed by atoms with E-state index >= 15 is 0 Å². The van der Waals surface area contributed by atoms with Crippen molar-refractivity contribution in [1.82, 2.24) is 5.32 Å². The first-order valence-electron chi connectivity index (χ1n) is 7.85. The first kappa shape index (κ1) is 14.8. The third-order valence-electron chi connectivity index (χ3n) is 4.58. The van der Waals surface area contributed by atoms with E-state index in [9.17, 15) is 9.59 Å². The highest BCUT2D eigenvalue weighted by Gasteiger charge is 2.38. The Balaban J connectivity index is 1.61. The summed E-state index contributed by atoms with van der Waals surface area (Å²) in [6.45, 7) is 0. The number of fused-ring (bicyclic) bond motifs is 1. The molecule has 1 aliphatic heterocycles. The van der Waals surface area contributed by atoms with Gasteiger partial charge in [-0.05, 0) is 43.4 Å². The van der Waals surface area contributed by atoms with Crippen LogP contribution in [0.1, 0.15) is 32.1 Å². The van der Waals surface area contributed by atoms with Crippen molar-refractivity contribution in [3.63, 3.8) is 0 Å². The summed E-state index contributed by atoms with van der Waals surface area (Å²) >= 11 is 0. The van der Waals surface area contributed by atoms with Crippen LogP contribution in [0.3, 0.4) is 0 Å². The van der Waals surface area contributed by atoms with Gasteiger partial charge in [-0.25, -0.2) is 4.79 Å². The largest absolute Gasteiger partial charge is 0.351 e. The molecule has 5 N–H and O–H groups in total. The van der Waals surface area contributed by atoms with Gasteiger partial charge in [-0.2, -0.15) is 0 Å². The quantitative estimate of drug-likeness (QED) is 0.688. The summed E-state index contributed by atoms with van der Waals surface area (Å²) in [7, 11) is 0. The Hall–Kier alpha value is -2.08. The number of primary amides is 1. The molecule has 1 aliphatic carbocycles. The number of amides is 3. The molecule has 0 aromatic heterocycles. The van der Waals surface area contributed by atoms with Crippen molar-refractivity contribution >= 4 is 23.3 Å². The lowest BCUT2D eigenvalue weighted by molar-refractivity contribution is -0.117. The van der Waals surface area contributed by atoms with Crippen molar-refractivity contribution in [2.75, 3.05) is 10.6 Å². The average Bonchev–Trinajstić information content (AvgIpc) is 2.91. The predicted octanol–water partition coefficient (Wildman–Crippen LogP) is 2.04. The van der Waals surface area contributed by atoms with Crippen LogP contribution in [0.2, 0.25) is 0 Å². The molecule has 3 atom stereocenters. The Morgan fingerprint density at radius 1 is 1.14 bits per heavy atom. The van der Waals surface area contributed by atoms with Crippen molar-refractivity contribution in [2.24, 2.45) is 11.7 Å². The minimum Gasteiger partial charge on any atom is -0.351 e. The van der Waals surface area contributed by atoms with Crippen LogP contribution in [0.15, 0.2) is 24.3 Å². The first-order valence-corrected chi connectivity index (χ1v) is 7.85. The summed E-state index contributed by atoms with van der Waals surface area (Å²) in [5, 5.41) is 8.87. The fourth-order valence-corrected chi connectivity index (χ4v) is 3.57. The zero-order valence-corrected chi connectivity index (χ0v) is 12.5. The summed E-state index contributed by atoms with van der Waals surface area (Å²) in [6.07, 6.45) is 5.84. The van der Waals surface area contributed by atoms with Gasteiger partial charge >= 0.3 is 6.03 Å². The van der Waals surface area contributed by atoms with E-state index in [-0.39, 0.29) is 11.9 Å². The van der Waals surface area contributed by atoms with E-state index in [0.29, 0.717) is 23.3 Å². The summed E-state index contributed by atoms with van der Waals surface area (Å²) in [5.41, 5.74) is 6.32. The Morgan fingerprint density at radius 3 is 2.59 bits per heavy atom. The van der Waals surface area contributed by atoms with E-state index in [4.69, 9.17) is 5.73 Å². The summed E-state index contributed by atoms with van der Waals surface area (Å²) in [5.74, 6) is 0.623. The topological polar surface area (TPSA) is 96.2 Å². The van der Waals surface area contributed by atoms with Crippen LogP contribution in [0.4, 0.5) is 16.2 Å². The molecule has 3 rings (SSSR count). The van der Waals surface area contributed by atoms with Crippen LogP contribution < -0.4 is 21.7 Å². The van der Waals surface area contributed by atoms with Gasteiger partial charge in [0.25, 0.3) is 0 Å². The summed E-state index contributed by atoms with van der Waals surface area (Å²) in [6, 6.07) is 6.74. The van der Waals surface area contributed by atoms with Crippen LogP contribution in [-0.4, -0.2) is 24.0 Å². The monoisotopic (exact) mass is 302 g/mol. The molecule has 22 heavy (non-hydrogen) atoms. The van der Waals surface area contributed by atoms with Crippen molar-refractivity contribution in [2.45, 2.75) is 44.2 Å². The minimum absolute atomic E-state index is 0.00868. The maximum atomic E-state index is 12.4. The van der Waals surface area contributed by atoms with Crippen LogP contribution in [0.25, 0.3) is 0 Å². The van der Waals surface area contributed by atoms with Gasteiger partial charge in [0.15, 0.2) is 0 Å². The number of nitrogens with two attached hydrogens (primary N) is 1. The number of nitrogens with one attached hydrogen (secondary N) is 3. The molecule has 6 heteroatoms. The predicted molar refractivity (Wildman–Crippen MR) is 85.6 cm³/mol. The third kappa shape index (κ3) is 3.39. The smallest absolute Gasteiger partial charge is 0.316 e. The molecule has 2 aliphatic rings. The summed E-state index contributed by atoms with van der Waals surface area (Å²) < 4.78 is 0. The Morgan fingerprint density at radius 2 is 1.86 bits per heavy atom. The van der Waals surface area contributed by atoms with Gasteiger partial charge in [-0.3, -0.25) is 4.79 Å². The van der Waals surface area contributed by atoms with Crippen molar-refractivity contribution < 1.29 is 9.59 Å². The molecule has 1 aromatic carbocycles. The highest BCUT2D eigenvalue weighted by Crippen LogP contribution is 2.33. The van der Waals surface area contributed by atoms with Gasteiger partial charge in [-0.15, -0.1) is 0 Å². The highest BCUT2D eigenvalue weighted by atomic mass is 16.2. The Kier molecular flexibility index (Phi) is 4.29. The van der Waals surface area contributed by atoms with Crippen molar-refractivity contribution in [3.05, 3.63) is 24.3 Å². The summed E-state index contributed by atoms with van der Waals surface area (Å²) in [4.78, 5) is 23.3. The normalized spacial score (nSPS) is 27.0. The molecule has 1 saturated heterocycles. The first-order chi connectivity index (χ1) is 10.6. The second-order valence-electron chi connectivity index (χ2n) is 6.17. The molecule has 3 amide bonds. The van der Waals surface area contributed by atoms with Crippen LogP contribution in [-0.2, 0) is 4.79 Å². The zero-order chi connectivity index (χ0) is 15.5. The maximum absolute atomic E-state index is 12.4. The fourth-order valence-electron chi connectivity index (χ4n) is 3.57. The molecule has 118 valence electrons. The fraction of sp³-hybridized carbons (Fsp3) is 0.500. The molecule has 1 aromatic rings. The minimum atomic E-state index is -0.620. The SMILES string of the molecule is NC(=O)Nc1cccc(NC(=O)C2CC3CCCCC3N2)c1. The van der Waals surface area contributed by atoms with Crippen LogP contribution in [0.5, 0.6) is 0 Å². The number of anilines is 2. The number of carbonyl (C=O) groups is 2. The van der Waals surface area contributed by atoms with Crippen molar-refractivity contribution in [3.8, 4) is 0 Å². The van der Waals surface area contributed by atoms with Gasteiger partial charge < -0.3 is 21.7 Å². The molecular weight excluding hydrogens is 280 g/mol. The van der Waals surface area contributed by atoms with E-state index in [1.807, 2.05) is 0 Å². The molecule has 6 nitrogen and oxygen atoms in total. The van der Waals surface area contributed by atoms with Crippen molar-refractivity contribution in [1.29, 1.82) is 0 Å². The molecule has 0 spiro atoms. The molecule has 3 unspecified atom stereocenters. The number of rotatable bonds is 3. The molecule has 2 fully saturated rings. The Labute approximate surface area is 129 Å². The number of benzene rings is 1. The standard InChI is InChI=1S/C16H22N4O2/c17-16(22)19-12-6-3-5-11(9-12)18-15(21)14-8-10-4-1-2-7-13(10)20-14/h3,5-6,9-10,13-14,20H,1-2,4,7-8H2,(H,18,21)(H3,17,19,22). The number of carbonyl (C=O) groups excluding carboxylic acids is 2. The highest BCUT2D eigenvalue weighted by molar-refractivity contribution is 5.96. The molecule has 0 radical (unpaired) electrons. The van der Waals surface area contributed by atoms with Gasteiger partial charge in [0.2, 0.25) is 5.91 Å². The van der Waals surface area contributed by atoms with E-state index in [1.54, 1.807) is 24.3 Å². The van der Waals surface area contributed by atoms with E-state index in [0.717, 1.165) is 6.42 Å². The van der Waals surface area contributed by atoms with Crippen LogP contribution >= 0.6 is 0 Å². The lowest BCUT2D eigenvalue weighted by Crippen LogP contribution is -2.39. The Bertz CT molecular complexity index is 561. The maximum Gasteiger partial charge on any atom is 0.316 e. The third-order valence-corrected chi connectivity index (χ3v) is 4.58. The second kappa shape index (κ2) is 6.36. The molecular formula is C16H22N4O2. The molecule has 1 heterocycles. The lowest BCUT2D eigenvalue weighted by atomic mass is 9.85. The number of hydrogen-bond donors (Lipinski definition) is 4. The van der Waals surface area contributed by atoms with E-state index in [2.05, 4.69) is 16.0 Å². The van der Waals surface area contributed by atoms with E-state index in [1.165, 1.54) is 25.7 Å². The lowest BCUT2D eigenvalue weighted by Gasteiger charge is -2.24. The number of urea groups is 1. The van der Waals surface area contributed by atoms with Crippen LogP contribution in [0, 0.1) is 5.92 Å².